The third-order valence-electron chi connectivity index (χ3n) is 9.27. The molecule has 0 saturated carbocycles. The van der Waals surface area contributed by atoms with Crippen LogP contribution >= 0.6 is 0 Å². The van der Waals surface area contributed by atoms with Gasteiger partial charge in [0.1, 0.15) is 23.0 Å². The highest BCUT2D eigenvalue weighted by molar-refractivity contribution is 7.14. The van der Waals surface area contributed by atoms with Gasteiger partial charge in [0.15, 0.2) is 8.07 Å². The Bertz CT molecular complexity index is 1850. The molecule has 41 heavy (non-hydrogen) atoms. The van der Waals surface area contributed by atoms with E-state index in [1.165, 1.54) is 48.8 Å². The first-order valence-corrected chi connectivity index (χ1v) is 17.1. The number of benzene rings is 5. The Morgan fingerprint density at radius 3 is 1.63 bits per heavy atom. The summed E-state index contributed by atoms with van der Waals surface area (Å²) in [6.45, 7) is 16.3. The van der Waals surface area contributed by atoms with Crippen LogP contribution in [0.25, 0.3) is 10.8 Å². The van der Waals surface area contributed by atoms with Crippen LogP contribution in [-0.4, -0.2) is 8.07 Å². The van der Waals surface area contributed by atoms with E-state index in [0.29, 0.717) is 0 Å². The van der Waals surface area contributed by atoms with E-state index in [9.17, 15) is 0 Å². The highest BCUT2D eigenvalue weighted by Gasteiger charge is 2.56. The quantitative estimate of drug-likeness (QED) is 0.191. The van der Waals surface area contributed by atoms with E-state index in [4.69, 9.17) is 9.47 Å². The molecule has 8 rings (SSSR count). The summed E-state index contributed by atoms with van der Waals surface area (Å²) in [6, 6.07) is 31.0. The normalized spacial score (nSPS) is 15.7. The molecule has 0 N–H and O–H groups in total. The second kappa shape index (κ2) is 7.83. The van der Waals surface area contributed by atoms with E-state index in [2.05, 4.69) is 138 Å². The number of nitrogens with zero attached hydrogens (tertiary/aromatic N) is 1. The maximum atomic E-state index is 6.95. The van der Waals surface area contributed by atoms with Crippen molar-refractivity contribution in [3.63, 3.8) is 0 Å². The molecule has 5 aromatic carbocycles. The molecular formula is C37H35NO2Si. The zero-order valence-electron chi connectivity index (χ0n) is 24.8. The van der Waals surface area contributed by atoms with E-state index >= 15 is 0 Å². The average molecular weight is 554 g/mol. The molecule has 204 valence electrons. The van der Waals surface area contributed by atoms with E-state index in [0.717, 1.165) is 28.7 Å². The van der Waals surface area contributed by atoms with Crippen LogP contribution in [-0.2, 0) is 10.8 Å². The summed E-state index contributed by atoms with van der Waals surface area (Å²) in [6.07, 6.45) is 0. The Kier molecular flexibility index (Phi) is 4.73. The smallest absolute Gasteiger partial charge is 0.170 e. The van der Waals surface area contributed by atoms with Crippen LogP contribution in [0.5, 0.6) is 23.0 Å². The number of rotatable bonds is 1. The van der Waals surface area contributed by atoms with Crippen molar-refractivity contribution in [1.29, 1.82) is 0 Å². The SMILES string of the molecule is CC(C)(C)c1ccc2c3c1Oc1cccc4c1[Si]3(C)c1c(ccc(C(C)(C)C)c1O4)N2c1ccc2ccccc2c1. The van der Waals surface area contributed by atoms with Crippen molar-refractivity contribution < 1.29 is 9.47 Å². The predicted molar refractivity (Wildman–Crippen MR) is 173 cm³/mol. The molecule has 0 aliphatic carbocycles. The van der Waals surface area contributed by atoms with Crippen molar-refractivity contribution in [2.24, 2.45) is 0 Å². The number of hydrogen-bond donors (Lipinski definition) is 0. The fourth-order valence-electron chi connectivity index (χ4n) is 7.37. The molecule has 0 fully saturated rings. The van der Waals surface area contributed by atoms with Gasteiger partial charge in [-0.2, -0.15) is 0 Å². The minimum Gasteiger partial charge on any atom is -0.457 e. The second-order valence-electron chi connectivity index (χ2n) is 14.0. The van der Waals surface area contributed by atoms with Gasteiger partial charge >= 0.3 is 0 Å². The number of fused-ring (bicyclic) bond motifs is 1. The Morgan fingerprint density at radius 1 is 0.561 bits per heavy atom. The van der Waals surface area contributed by atoms with Gasteiger partial charge in [-0.1, -0.05) is 96.6 Å². The molecule has 5 aromatic rings. The van der Waals surface area contributed by atoms with Crippen LogP contribution in [0, 0.1) is 0 Å². The minimum atomic E-state index is -2.55. The van der Waals surface area contributed by atoms with Gasteiger partial charge in [0.2, 0.25) is 0 Å². The first-order chi connectivity index (χ1) is 19.5. The summed E-state index contributed by atoms with van der Waals surface area (Å²) in [5.41, 5.74) is 5.97. The lowest BCUT2D eigenvalue weighted by atomic mass is 9.85. The molecule has 4 heteroatoms. The number of ether oxygens (including phenoxy) is 2. The third kappa shape index (κ3) is 3.20. The lowest BCUT2D eigenvalue weighted by molar-refractivity contribution is 0.440. The Morgan fingerprint density at radius 2 is 1.10 bits per heavy atom. The molecule has 3 aliphatic rings. The topological polar surface area (TPSA) is 21.7 Å². The average Bonchev–Trinajstić information content (AvgIpc) is 2.91. The van der Waals surface area contributed by atoms with E-state index < -0.39 is 8.07 Å². The standard InChI is InChI=1S/C37H35NO2Si/c1-36(2,3)25-17-19-27-33-31(25)39-29-13-10-14-30-35(29)41(33,7)34-28(20-18-26(32(34)40-30)37(4,5)6)38(27)24-16-15-22-11-8-9-12-23(22)21-24/h8-21H,1-7H3. The molecule has 0 aromatic heterocycles. The van der Waals surface area contributed by atoms with E-state index in [-0.39, 0.29) is 10.8 Å². The summed E-state index contributed by atoms with van der Waals surface area (Å²) >= 11 is 0. The van der Waals surface area contributed by atoms with Crippen molar-refractivity contribution in [2.45, 2.75) is 58.9 Å². The van der Waals surface area contributed by atoms with Crippen LogP contribution in [0.1, 0.15) is 52.7 Å². The Labute approximate surface area is 243 Å². The van der Waals surface area contributed by atoms with E-state index in [1.54, 1.807) is 0 Å². The van der Waals surface area contributed by atoms with Gasteiger partial charge in [-0.3, -0.25) is 0 Å². The summed E-state index contributed by atoms with van der Waals surface area (Å²) in [5.74, 6) is 3.98. The third-order valence-corrected chi connectivity index (χ3v) is 13.7. The fourth-order valence-corrected chi connectivity index (χ4v) is 12.1. The molecule has 0 saturated heterocycles. The largest absolute Gasteiger partial charge is 0.457 e. The van der Waals surface area contributed by atoms with Gasteiger partial charge in [-0.25, -0.2) is 0 Å². The van der Waals surface area contributed by atoms with Gasteiger partial charge in [0.25, 0.3) is 0 Å². The van der Waals surface area contributed by atoms with Gasteiger partial charge < -0.3 is 14.4 Å². The van der Waals surface area contributed by atoms with Crippen LogP contribution in [0.2, 0.25) is 6.55 Å². The van der Waals surface area contributed by atoms with Crippen LogP contribution in [0.4, 0.5) is 17.1 Å². The number of hydrogen-bond acceptors (Lipinski definition) is 3. The lowest BCUT2D eigenvalue weighted by Crippen LogP contribution is -2.72. The van der Waals surface area contributed by atoms with Gasteiger partial charge in [-0.15, -0.1) is 0 Å². The first-order valence-electron chi connectivity index (χ1n) is 14.6. The van der Waals surface area contributed by atoms with E-state index in [1.807, 2.05) is 0 Å². The highest BCUT2D eigenvalue weighted by atomic mass is 28.3. The molecule has 0 unspecified atom stereocenters. The van der Waals surface area contributed by atoms with Crippen molar-refractivity contribution in [3.8, 4) is 23.0 Å². The summed E-state index contributed by atoms with van der Waals surface area (Å²) in [5, 5.41) is 6.46. The molecule has 0 radical (unpaired) electrons. The van der Waals surface area contributed by atoms with Gasteiger partial charge in [0.05, 0.1) is 0 Å². The van der Waals surface area contributed by atoms with Crippen molar-refractivity contribution in [2.75, 3.05) is 4.90 Å². The van der Waals surface area contributed by atoms with Crippen LogP contribution < -0.4 is 29.9 Å². The number of anilines is 3. The summed E-state index contributed by atoms with van der Waals surface area (Å²) in [7, 11) is -2.55. The van der Waals surface area contributed by atoms with Crippen molar-refractivity contribution in [1.82, 2.24) is 0 Å². The fraction of sp³-hybridized carbons (Fsp3) is 0.243. The Balaban J connectivity index is 1.54. The monoisotopic (exact) mass is 553 g/mol. The van der Waals surface area contributed by atoms with Crippen LogP contribution in [0.3, 0.4) is 0 Å². The Hall–Kier alpha value is -4.02. The summed E-state index contributed by atoms with van der Waals surface area (Å²) < 4.78 is 13.9. The molecule has 0 spiro atoms. The molecule has 3 nitrogen and oxygen atoms in total. The molecule has 0 bridgehead atoms. The lowest BCUT2D eigenvalue weighted by Gasteiger charge is -2.50. The predicted octanol–water partition coefficient (Wildman–Crippen LogP) is 8.53. The highest BCUT2D eigenvalue weighted by Crippen LogP contribution is 2.52. The minimum absolute atomic E-state index is 0.0699. The zero-order valence-corrected chi connectivity index (χ0v) is 25.8. The van der Waals surface area contributed by atoms with Crippen molar-refractivity contribution in [3.05, 3.63) is 96.1 Å². The molecule has 0 amide bonds. The zero-order chi connectivity index (χ0) is 28.5. The molecular weight excluding hydrogens is 518 g/mol. The molecule has 0 atom stereocenters. The molecule has 3 heterocycles. The maximum absolute atomic E-state index is 6.95. The summed E-state index contributed by atoms with van der Waals surface area (Å²) in [4.78, 5) is 2.46. The van der Waals surface area contributed by atoms with Gasteiger partial charge in [-0.05, 0) is 58.0 Å². The van der Waals surface area contributed by atoms with Crippen LogP contribution in [0.15, 0.2) is 84.9 Å². The maximum Gasteiger partial charge on any atom is 0.170 e. The van der Waals surface area contributed by atoms with Gasteiger partial charge in [0, 0.05) is 43.7 Å². The molecule has 3 aliphatic heterocycles. The second-order valence-corrected chi connectivity index (χ2v) is 17.7. The van der Waals surface area contributed by atoms with Crippen molar-refractivity contribution >= 4 is 51.5 Å². The first kappa shape index (κ1) is 24.7.